The lowest BCUT2D eigenvalue weighted by Gasteiger charge is -2.46. The summed E-state index contributed by atoms with van der Waals surface area (Å²) in [4.78, 5) is 14.5. The molecule has 102 valence electrons. The highest BCUT2D eigenvalue weighted by atomic mass is 16.2. The van der Waals surface area contributed by atoms with Crippen molar-refractivity contribution in [3.05, 3.63) is 0 Å². The number of carbonyl (C=O) groups is 1. The predicted octanol–water partition coefficient (Wildman–Crippen LogP) is 2.39. The Bertz CT molecular complexity index is 488. The number of hydrogen-bond acceptors (Lipinski definition) is 1. The maximum absolute atomic E-state index is 12.4. The van der Waals surface area contributed by atoms with Crippen LogP contribution in [-0.2, 0) is 4.79 Å². The third-order valence-electron chi connectivity index (χ3n) is 8.58. The molecule has 1 saturated heterocycles. The van der Waals surface area contributed by atoms with Gasteiger partial charge in [-0.3, -0.25) is 4.79 Å². The van der Waals surface area contributed by atoms with Gasteiger partial charge in [0.2, 0.25) is 5.91 Å². The molecule has 6 rings (SSSR count). The zero-order valence-electron chi connectivity index (χ0n) is 11.7. The fourth-order valence-electron chi connectivity index (χ4n) is 8.47. The maximum atomic E-state index is 12.4. The van der Waals surface area contributed by atoms with Crippen molar-refractivity contribution >= 4 is 5.91 Å². The van der Waals surface area contributed by atoms with E-state index in [1.54, 1.807) is 6.42 Å². The molecule has 10 atom stereocenters. The van der Waals surface area contributed by atoms with E-state index in [9.17, 15) is 4.79 Å². The first-order chi connectivity index (χ1) is 9.25. The van der Waals surface area contributed by atoms with Crippen LogP contribution in [0.3, 0.4) is 0 Å². The Kier molecular flexibility index (Phi) is 1.56. The van der Waals surface area contributed by atoms with Crippen LogP contribution in [0.15, 0.2) is 0 Å². The minimum atomic E-state index is 0.440. The second-order valence-electron chi connectivity index (χ2n) is 8.56. The molecule has 1 amide bonds. The van der Waals surface area contributed by atoms with Gasteiger partial charge < -0.3 is 4.90 Å². The van der Waals surface area contributed by atoms with Crippen molar-refractivity contribution < 1.29 is 4.79 Å². The molecule has 2 nitrogen and oxygen atoms in total. The van der Waals surface area contributed by atoms with E-state index in [-0.39, 0.29) is 0 Å². The number of likely N-dealkylation sites (tertiary alicyclic amines) is 1. The topological polar surface area (TPSA) is 20.3 Å². The van der Waals surface area contributed by atoms with Crippen molar-refractivity contribution in [1.29, 1.82) is 0 Å². The number of carbonyl (C=O) groups excluding carboxylic acids is 1. The first kappa shape index (κ1) is 10.2. The van der Waals surface area contributed by atoms with Crippen molar-refractivity contribution in [3.8, 4) is 0 Å². The summed E-state index contributed by atoms with van der Waals surface area (Å²) in [7, 11) is 2.08. The molecule has 6 aliphatic rings. The van der Waals surface area contributed by atoms with Crippen molar-refractivity contribution in [2.45, 2.75) is 38.1 Å². The van der Waals surface area contributed by atoms with Gasteiger partial charge in [-0.05, 0) is 79.4 Å². The van der Waals surface area contributed by atoms with Gasteiger partial charge in [0.1, 0.15) is 0 Å². The van der Waals surface area contributed by atoms with Gasteiger partial charge in [-0.25, -0.2) is 0 Å². The Morgan fingerprint density at radius 3 is 2.32 bits per heavy atom. The molecule has 1 heterocycles. The molecule has 10 unspecified atom stereocenters. The van der Waals surface area contributed by atoms with E-state index >= 15 is 0 Å². The first-order valence-corrected chi connectivity index (χ1v) is 8.52. The van der Waals surface area contributed by atoms with Crippen LogP contribution < -0.4 is 0 Å². The Hall–Kier alpha value is -0.530. The Labute approximate surface area is 114 Å². The van der Waals surface area contributed by atoms with E-state index in [1.165, 1.54) is 25.7 Å². The fraction of sp³-hybridized carbons (Fsp3) is 0.941. The van der Waals surface area contributed by atoms with Crippen LogP contribution in [-0.4, -0.2) is 23.9 Å². The van der Waals surface area contributed by atoms with Gasteiger partial charge in [-0.1, -0.05) is 0 Å². The third kappa shape index (κ3) is 0.892. The number of piperidine rings is 1. The lowest BCUT2D eigenvalue weighted by molar-refractivity contribution is -0.140. The van der Waals surface area contributed by atoms with Crippen molar-refractivity contribution in [3.63, 3.8) is 0 Å². The van der Waals surface area contributed by atoms with E-state index in [0.29, 0.717) is 17.9 Å². The molecule has 0 aromatic heterocycles. The van der Waals surface area contributed by atoms with E-state index in [4.69, 9.17) is 0 Å². The summed E-state index contributed by atoms with van der Waals surface area (Å²) < 4.78 is 0. The van der Waals surface area contributed by atoms with Gasteiger partial charge in [-0.2, -0.15) is 0 Å². The highest BCUT2D eigenvalue weighted by Gasteiger charge is 2.72. The van der Waals surface area contributed by atoms with Gasteiger partial charge in [0, 0.05) is 19.0 Å². The van der Waals surface area contributed by atoms with Gasteiger partial charge >= 0.3 is 0 Å². The normalized spacial score (nSPS) is 67.2. The maximum Gasteiger partial charge on any atom is 0.226 e. The molecule has 0 N–H and O–H groups in total. The van der Waals surface area contributed by atoms with Crippen LogP contribution in [0.1, 0.15) is 32.1 Å². The van der Waals surface area contributed by atoms with E-state index in [1.807, 2.05) is 0 Å². The Balaban J connectivity index is 1.45. The SMILES string of the molecule is CN1C(=O)C2CC1C1C3CC(C4C5CCC(C5)C34)C21. The minimum absolute atomic E-state index is 0.440. The quantitative estimate of drug-likeness (QED) is 0.610. The summed E-state index contributed by atoms with van der Waals surface area (Å²) >= 11 is 0. The standard InChI is InChI=1S/C17H23NO/c1-18-12-6-11(17(18)19)15-9-5-10(16(12)15)14-8-3-2-7(4-8)13(9)14/h7-16H,2-6H2,1H3. The average molecular weight is 257 g/mol. The molecule has 6 fully saturated rings. The van der Waals surface area contributed by atoms with Crippen LogP contribution in [0, 0.1) is 53.3 Å². The summed E-state index contributed by atoms with van der Waals surface area (Å²) in [5, 5.41) is 0. The number of nitrogens with zero attached hydrogens (tertiary/aromatic N) is 1. The van der Waals surface area contributed by atoms with Crippen molar-refractivity contribution in [2.75, 3.05) is 7.05 Å². The summed E-state index contributed by atoms with van der Waals surface area (Å²) in [5.41, 5.74) is 0. The molecule has 0 aromatic rings. The smallest absolute Gasteiger partial charge is 0.226 e. The monoisotopic (exact) mass is 257 g/mol. The molecule has 0 radical (unpaired) electrons. The predicted molar refractivity (Wildman–Crippen MR) is 71.1 cm³/mol. The molecule has 5 aliphatic carbocycles. The lowest BCUT2D eigenvalue weighted by Crippen LogP contribution is -2.50. The molecule has 5 saturated carbocycles. The molecular weight excluding hydrogens is 234 g/mol. The third-order valence-corrected chi connectivity index (χ3v) is 8.58. The molecule has 19 heavy (non-hydrogen) atoms. The zero-order valence-corrected chi connectivity index (χ0v) is 11.7. The molecule has 1 aliphatic heterocycles. The van der Waals surface area contributed by atoms with E-state index in [2.05, 4.69) is 11.9 Å². The molecule has 2 heteroatoms. The second-order valence-corrected chi connectivity index (χ2v) is 8.56. The largest absolute Gasteiger partial charge is 0.342 e. The van der Waals surface area contributed by atoms with Crippen LogP contribution in [0.25, 0.3) is 0 Å². The van der Waals surface area contributed by atoms with E-state index in [0.717, 1.165) is 47.3 Å². The number of hydrogen-bond donors (Lipinski definition) is 0. The number of fused-ring (bicyclic) bond motifs is 16. The second kappa shape index (κ2) is 2.89. The molecular formula is C17H23NO. The number of amides is 1. The van der Waals surface area contributed by atoms with Crippen LogP contribution in [0.2, 0.25) is 0 Å². The molecule has 6 bridgehead atoms. The summed E-state index contributed by atoms with van der Waals surface area (Å²) in [6.07, 6.45) is 7.34. The number of rotatable bonds is 0. The van der Waals surface area contributed by atoms with Gasteiger partial charge in [-0.15, -0.1) is 0 Å². The lowest BCUT2D eigenvalue weighted by atomic mass is 9.61. The Morgan fingerprint density at radius 1 is 0.895 bits per heavy atom. The van der Waals surface area contributed by atoms with Gasteiger partial charge in [0.05, 0.1) is 0 Å². The molecule has 0 spiro atoms. The highest BCUT2D eigenvalue weighted by molar-refractivity contribution is 5.83. The molecule has 0 aromatic carbocycles. The van der Waals surface area contributed by atoms with Gasteiger partial charge in [0.15, 0.2) is 0 Å². The van der Waals surface area contributed by atoms with Crippen LogP contribution >= 0.6 is 0 Å². The fourth-order valence-corrected chi connectivity index (χ4v) is 8.47. The van der Waals surface area contributed by atoms with Crippen LogP contribution in [0.4, 0.5) is 0 Å². The Morgan fingerprint density at radius 2 is 1.58 bits per heavy atom. The summed E-state index contributed by atoms with van der Waals surface area (Å²) in [6, 6.07) is 0.637. The minimum Gasteiger partial charge on any atom is -0.342 e. The van der Waals surface area contributed by atoms with Crippen molar-refractivity contribution in [2.24, 2.45) is 53.3 Å². The summed E-state index contributed by atoms with van der Waals surface area (Å²) in [6.45, 7) is 0. The van der Waals surface area contributed by atoms with E-state index < -0.39 is 0 Å². The van der Waals surface area contributed by atoms with Gasteiger partial charge in [0.25, 0.3) is 0 Å². The average Bonchev–Trinajstić information content (AvgIpc) is 3.15. The zero-order chi connectivity index (χ0) is 12.5. The first-order valence-electron chi connectivity index (χ1n) is 8.52. The summed E-state index contributed by atoms with van der Waals surface area (Å²) in [5.74, 6) is 8.95. The van der Waals surface area contributed by atoms with Crippen LogP contribution in [0.5, 0.6) is 0 Å². The highest BCUT2D eigenvalue weighted by Crippen LogP contribution is 2.74. The van der Waals surface area contributed by atoms with Crippen molar-refractivity contribution in [1.82, 2.24) is 4.90 Å².